The van der Waals surface area contributed by atoms with Crippen LogP contribution in [0.25, 0.3) is 11.1 Å². The van der Waals surface area contributed by atoms with Crippen molar-refractivity contribution in [3.8, 4) is 23.0 Å². The Morgan fingerprint density at radius 1 is 0.974 bits per heavy atom. The highest BCUT2D eigenvalue weighted by Gasteiger charge is 2.12. The number of ether oxygens (including phenoxy) is 1. The number of hydrogen-bond donors (Lipinski definition) is 2. The van der Waals surface area contributed by atoms with E-state index in [1.165, 1.54) is 12.1 Å². The van der Waals surface area contributed by atoms with Crippen molar-refractivity contribution < 1.29 is 13.9 Å². The molecule has 1 aliphatic heterocycles. The summed E-state index contributed by atoms with van der Waals surface area (Å²) in [6, 6.07) is 23.7. The minimum Gasteiger partial charge on any atom is -0.378 e. The second-order valence-corrected chi connectivity index (χ2v) is 9.16. The van der Waals surface area contributed by atoms with Gasteiger partial charge in [0.25, 0.3) is 0 Å². The van der Waals surface area contributed by atoms with E-state index >= 15 is 0 Å². The lowest BCUT2D eigenvalue weighted by molar-refractivity contribution is 0.122. The van der Waals surface area contributed by atoms with Gasteiger partial charge in [-0.1, -0.05) is 36.1 Å². The number of amides is 2. The zero-order valence-corrected chi connectivity index (χ0v) is 21.5. The highest BCUT2D eigenvalue weighted by Crippen LogP contribution is 2.28. The van der Waals surface area contributed by atoms with Gasteiger partial charge in [-0.25, -0.2) is 9.18 Å². The maximum absolute atomic E-state index is 13.4. The number of carbonyl (C=O) groups is 1. The van der Waals surface area contributed by atoms with E-state index in [9.17, 15) is 9.18 Å². The zero-order chi connectivity index (χ0) is 26.9. The van der Waals surface area contributed by atoms with Crippen LogP contribution in [-0.2, 0) is 11.2 Å². The Morgan fingerprint density at radius 2 is 1.77 bits per heavy atom. The molecule has 1 saturated heterocycles. The maximum Gasteiger partial charge on any atom is 0.319 e. The quantitative estimate of drug-likeness (QED) is 0.330. The van der Waals surface area contributed by atoms with Gasteiger partial charge in [0.15, 0.2) is 0 Å². The molecule has 6 nitrogen and oxygen atoms in total. The summed E-state index contributed by atoms with van der Waals surface area (Å²) in [7, 11) is 0. The molecule has 0 saturated carbocycles. The van der Waals surface area contributed by atoms with E-state index in [1.54, 1.807) is 24.5 Å². The van der Waals surface area contributed by atoms with Crippen molar-refractivity contribution in [2.24, 2.45) is 0 Å². The van der Waals surface area contributed by atoms with Crippen molar-refractivity contribution in [2.45, 2.75) is 6.42 Å². The Bertz CT molecular complexity index is 1460. The molecule has 1 fully saturated rings. The van der Waals surface area contributed by atoms with Crippen LogP contribution in [0.5, 0.6) is 0 Å². The first-order valence-corrected chi connectivity index (χ1v) is 12.9. The fourth-order valence-electron chi connectivity index (χ4n) is 4.36. The number of carbonyl (C=O) groups excluding carboxylic acids is 1. The molecule has 0 spiro atoms. The minimum atomic E-state index is -0.303. The van der Waals surface area contributed by atoms with Crippen molar-refractivity contribution in [3.63, 3.8) is 0 Å². The number of nitrogens with one attached hydrogen (secondary N) is 2. The smallest absolute Gasteiger partial charge is 0.319 e. The van der Waals surface area contributed by atoms with Crippen molar-refractivity contribution in [2.75, 3.05) is 43.1 Å². The first kappa shape index (κ1) is 26.0. The normalized spacial score (nSPS) is 12.8. The number of pyridine rings is 1. The first-order chi connectivity index (χ1) is 19.1. The fourth-order valence-corrected chi connectivity index (χ4v) is 4.36. The van der Waals surface area contributed by atoms with Gasteiger partial charge in [0, 0.05) is 54.5 Å². The second kappa shape index (κ2) is 12.7. The highest BCUT2D eigenvalue weighted by atomic mass is 19.1. The van der Waals surface area contributed by atoms with E-state index in [0.717, 1.165) is 54.2 Å². The summed E-state index contributed by atoms with van der Waals surface area (Å²) >= 11 is 0. The van der Waals surface area contributed by atoms with Crippen molar-refractivity contribution in [1.29, 1.82) is 0 Å². The third kappa shape index (κ3) is 7.22. The zero-order valence-electron chi connectivity index (χ0n) is 21.5. The molecule has 0 unspecified atom stereocenters. The van der Waals surface area contributed by atoms with Gasteiger partial charge in [0.05, 0.1) is 13.2 Å². The van der Waals surface area contributed by atoms with E-state index in [1.807, 2.05) is 30.3 Å². The van der Waals surface area contributed by atoms with Crippen LogP contribution in [-0.4, -0.2) is 43.9 Å². The summed E-state index contributed by atoms with van der Waals surface area (Å²) in [6.07, 6.45) is 4.20. The Morgan fingerprint density at radius 3 is 2.51 bits per heavy atom. The molecule has 1 aromatic heterocycles. The number of morpholine rings is 1. The molecule has 5 rings (SSSR count). The van der Waals surface area contributed by atoms with Gasteiger partial charge in [-0.2, -0.15) is 0 Å². The molecule has 3 aromatic carbocycles. The lowest BCUT2D eigenvalue weighted by Gasteiger charge is -2.29. The van der Waals surface area contributed by atoms with E-state index in [-0.39, 0.29) is 11.8 Å². The molecule has 39 heavy (non-hydrogen) atoms. The number of nitrogens with zero attached hydrogens (tertiary/aromatic N) is 2. The summed E-state index contributed by atoms with van der Waals surface area (Å²) in [5, 5.41) is 5.79. The Hall–Kier alpha value is -4.67. The number of aromatic nitrogens is 1. The number of urea groups is 1. The van der Waals surface area contributed by atoms with Gasteiger partial charge in [-0.3, -0.25) is 4.98 Å². The molecule has 1 aliphatic rings. The Balaban J connectivity index is 1.35. The summed E-state index contributed by atoms with van der Waals surface area (Å²) in [5.74, 6) is 6.04. The molecule has 0 bridgehead atoms. The molecule has 0 atom stereocenters. The van der Waals surface area contributed by atoms with Gasteiger partial charge < -0.3 is 20.3 Å². The van der Waals surface area contributed by atoms with Crippen LogP contribution in [0.2, 0.25) is 0 Å². The molecule has 0 radical (unpaired) electrons. The fraction of sp³-hybridized carbons (Fsp3) is 0.188. The largest absolute Gasteiger partial charge is 0.378 e. The molecule has 2 heterocycles. The number of halogens is 1. The van der Waals surface area contributed by atoms with Crippen LogP contribution < -0.4 is 15.5 Å². The molecular weight excluding hydrogens is 491 g/mol. The van der Waals surface area contributed by atoms with E-state index < -0.39 is 0 Å². The number of rotatable bonds is 6. The SMILES string of the molecule is O=C(NCCc1cccnc1)Nc1ccc(-c2ccc(N3CCOCC3)cc2)c(C#Cc2ccc(F)cc2)c1. The molecule has 4 aromatic rings. The third-order valence-electron chi connectivity index (χ3n) is 6.44. The van der Waals surface area contributed by atoms with Crippen molar-refractivity contribution >= 4 is 17.4 Å². The van der Waals surface area contributed by atoms with Crippen LogP contribution in [0.15, 0.2) is 91.3 Å². The van der Waals surface area contributed by atoms with Crippen molar-refractivity contribution in [1.82, 2.24) is 10.3 Å². The average molecular weight is 521 g/mol. The van der Waals surface area contributed by atoms with Crippen LogP contribution in [0.4, 0.5) is 20.6 Å². The topological polar surface area (TPSA) is 66.5 Å². The molecule has 2 N–H and O–H groups in total. The highest BCUT2D eigenvalue weighted by molar-refractivity contribution is 5.90. The summed E-state index contributed by atoms with van der Waals surface area (Å²) in [6.45, 7) is 3.70. The van der Waals surface area contributed by atoms with Gasteiger partial charge in [-0.15, -0.1) is 0 Å². The van der Waals surface area contributed by atoms with Gasteiger partial charge in [-0.05, 0) is 77.7 Å². The molecule has 196 valence electrons. The van der Waals surface area contributed by atoms with E-state index in [0.29, 0.717) is 24.2 Å². The summed E-state index contributed by atoms with van der Waals surface area (Å²) in [5.41, 5.74) is 6.26. The van der Waals surface area contributed by atoms with Crippen LogP contribution >= 0.6 is 0 Å². The van der Waals surface area contributed by atoms with Gasteiger partial charge in [0.2, 0.25) is 0 Å². The third-order valence-corrected chi connectivity index (χ3v) is 6.44. The summed E-state index contributed by atoms with van der Waals surface area (Å²) < 4.78 is 18.8. The Labute approximate surface area is 227 Å². The Kier molecular flexibility index (Phi) is 8.47. The van der Waals surface area contributed by atoms with Gasteiger partial charge in [0.1, 0.15) is 5.82 Å². The van der Waals surface area contributed by atoms with Crippen LogP contribution in [0.3, 0.4) is 0 Å². The molecule has 2 amide bonds. The average Bonchev–Trinajstić information content (AvgIpc) is 2.98. The van der Waals surface area contributed by atoms with Crippen LogP contribution in [0, 0.1) is 17.7 Å². The number of hydrogen-bond acceptors (Lipinski definition) is 4. The molecule has 0 aliphatic carbocycles. The van der Waals surface area contributed by atoms with E-state index in [4.69, 9.17) is 4.74 Å². The first-order valence-electron chi connectivity index (χ1n) is 12.9. The van der Waals surface area contributed by atoms with Crippen molar-refractivity contribution in [3.05, 3.63) is 114 Å². The maximum atomic E-state index is 13.4. The second-order valence-electron chi connectivity index (χ2n) is 9.16. The predicted octanol–water partition coefficient (Wildman–Crippen LogP) is 5.49. The van der Waals surface area contributed by atoms with Crippen LogP contribution in [0.1, 0.15) is 16.7 Å². The predicted molar refractivity (Wildman–Crippen MR) is 152 cm³/mol. The summed E-state index contributed by atoms with van der Waals surface area (Å²) in [4.78, 5) is 19.0. The van der Waals surface area contributed by atoms with Gasteiger partial charge >= 0.3 is 6.03 Å². The lowest BCUT2D eigenvalue weighted by Crippen LogP contribution is -2.36. The monoisotopic (exact) mass is 520 g/mol. The number of anilines is 2. The molecular formula is C32H29FN4O2. The van der Waals surface area contributed by atoms with E-state index in [2.05, 4.69) is 56.6 Å². The number of benzene rings is 3. The standard InChI is InChI=1S/C32H29FN4O2/c33-28-9-4-24(5-10-28)3-6-27-22-29(36-32(38)35-17-15-25-2-1-16-34-23-25)11-14-31(27)26-7-12-30(13-8-26)37-18-20-39-21-19-37/h1-2,4-5,7-14,16,22-23H,15,17-21H2,(H2,35,36,38). The lowest BCUT2D eigenvalue weighted by atomic mass is 9.98. The minimum absolute atomic E-state index is 0.293. The molecule has 7 heteroatoms.